The SMILES string of the molecule is COc1ccc(-n2c(SCc3csc(Nc4ccccc4)n3)nnc2-c2ccncc2)cc1. The van der Waals surface area contributed by atoms with Crippen LogP contribution in [0.4, 0.5) is 10.8 Å². The first-order valence-corrected chi connectivity index (χ1v) is 12.1. The number of benzene rings is 2. The number of anilines is 2. The number of para-hydroxylation sites is 1. The van der Waals surface area contributed by atoms with E-state index in [0.717, 1.165) is 44.5 Å². The van der Waals surface area contributed by atoms with Crippen LogP contribution < -0.4 is 10.1 Å². The molecule has 0 saturated carbocycles. The Morgan fingerprint density at radius 2 is 1.76 bits per heavy atom. The van der Waals surface area contributed by atoms with Crippen LogP contribution in [0, 0.1) is 0 Å². The van der Waals surface area contributed by atoms with Gasteiger partial charge in [-0.2, -0.15) is 0 Å². The van der Waals surface area contributed by atoms with Gasteiger partial charge >= 0.3 is 0 Å². The van der Waals surface area contributed by atoms with Crippen molar-refractivity contribution in [3.63, 3.8) is 0 Å². The molecular formula is C24H20N6OS2. The molecule has 0 amide bonds. The van der Waals surface area contributed by atoms with Crippen molar-refractivity contribution in [2.24, 2.45) is 0 Å². The third-order valence-corrected chi connectivity index (χ3v) is 6.60. The molecule has 0 atom stereocenters. The number of pyridine rings is 1. The van der Waals surface area contributed by atoms with Crippen molar-refractivity contribution in [3.8, 4) is 22.8 Å². The Hall–Kier alpha value is -3.69. The highest BCUT2D eigenvalue weighted by atomic mass is 32.2. The summed E-state index contributed by atoms with van der Waals surface area (Å²) in [5.74, 6) is 2.24. The lowest BCUT2D eigenvalue weighted by Crippen LogP contribution is -2.00. The maximum absolute atomic E-state index is 5.31. The van der Waals surface area contributed by atoms with E-state index < -0.39 is 0 Å². The van der Waals surface area contributed by atoms with Gasteiger partial charge in [0.2, 0.25) is 0 Å². The van der Waals surface area contributed by atoms with Gasteiger partial charge in [-0.3, -0.25) is 9.55 Å². The minimum Gasteiger partial charge on any atom is -0.497 e. The standard InChI is InChI=1S/C24H20N6OS2/c1-31-21-9-7-20(8-10-21)30-22(17-11-13-25-14-12-17)28-29-24(30)33-16-19-15-32-23(27-19)26-18-5-3-2-4-6-18/h2-15H,16H2,1H3,(H,26,27). The fourth-order valence-corrected chi connectivity index (χ4v) is 4.91. The molecule has 0 aliphatic rings. The lowest BCUT2D eigenvalue weighted by Gasteiger charge is -2.11. The first kappa shape index (κ1) is 21.2. The van der Waals surface area contributed by atoms with E-state index >= 15 is 0 Å². The van der Waals surface area contributed by atoms with Gasteiger partial charge in [0.25, 0.3) is 0 Å². The van der Waals surface area contributed by atoms with E-state index in [1.165, 1.54) is 0 Å². The van der Waals surface area contributed by atoms with E-state index in [4.69, 9.17) is 9.72 Å². The topological polar surface area (TPSA) is 77.8 Å². The minimum atomic E-state index is 0.678. The summed E-state index contributed by atoms with van der Waals surface area (Å²) >= 11 is 3.19. The molecule has 7 nitrogen and oxygen atoms in total. The number of thiazole rings is 1. The molecule has 0 spiro atoms. The lowest BCUT2D eigenvalue weighted by molar-refractivity contribution is 0.414. The van der Waals surface area contributed by atoms with Crippen molar-refractivity contribution in [2.45, 2.75) is 10.9 Å². The van der Waals surface area contributed by atoms with Crippen molar-refractivity contribution in [3.05, 3.63) is 90.2 Å². The second-order valence-electron chi connectivity index (χ2n) is 7.00. The van der Waals surface area contributed by atoms with Gasteiger partial charge in [-0.25, -0.2) is 4.98 Å². The molecule has 5 rings (SSSR count). The number of hydrogen-bond donors (Lipinski definition) is 1. The molecule has 1 N–H and O–H groups in total. The Morgan fingerprint density at radius 3 is 2.52 bits per heavy atom. The zero-order chi connectivity index (χ0) is 22.5. The predicted molar refractivity (Wildman–Crippen MR) is 133 cm³/mol. The maximum Gasteiger partial charge on any atom is 0.196 e. The second kappa shape index (κ2) is 9.85. The summed E-state index contributed by atoms with van der Waals surface area (Å²) in [5.41, 5.74) is 3.91. The van der Waals surface area contributed by atoms with Crippen LogP contribution in [0.2, 0.25) is 0 Å². The molecule has 0 radical (unpaired) electrons. The smallest absolute Gasteiger partial charge is 0.196 e. The number of nitrogens with one attached hydrogen (secondary N) is 1. The van der Waals surface area contributed by atoms with Gasteiger partial charge < -0.3 is 10.1 Å². The lowest BCUT2D eigenvalue weighted by atomic mass is 10.2. The van der Waals surface area contributed by atoms with Gasteiger partial charge in [0.05, 0.1) is 12.8 Å². The first-order chi connectivity index (χ1) is 16.3. The number of methoxy groups -OCH3 is 1. The number of hydrogen-bond acceptors (Lipinski definition) is 8. The molecule has 0 aliphatic carbocycles. The summed E-state index contributed by atoms with van der Waals surface area (Å²) in [4.78, 5) is 8.83. The molecule has 0 saturated heterocycles. The largest absolute Gasteiger partial charge is 0.497 e. The van der Waals surface area contributed by atoms with Crippen LogP contribution in [0.15, 0.2) is 89.7 Å². The highest BCUT2D eigenvalue weighted by Gasteiger charge is 2.17. The average Bonchev–Trinajstić information content (AvgIpc) is 3.51. The van der Waals surface area contributed by atoms with Crippen LogP contribution >= 0.6 is 23.1 Å². The number of aromatic nitrogens is 5. The van der Waals surface area contributed by atoms with Crippen molar-refractivity contribution in [1.29, 1.82) is 0 Å². The number of ether oxygens (including phenoxy) is 1. The van der Waals surface area contributed by atoms with E-state index in [2.05, 4.69) is 30.4 Å². The monoisotopic (exact) mass is 472 g/mol. The van der Waals surface area contributed by atoms with Crippen LogP contribution in [0.25, 0.3) is 17.1 Å². The zero-order valence-corrected chi connectivity index (χ0v) is 19.4. The van der Waals surface area contributed by atoms with Crippen molar-refractivity contribution < 1.29 is 4.74 Å². The molecule has 3 aromatic heterocycles. The third-order valence-electron chi connectivity index (χ3n) is 4.83. The first-order valence-electron chi connectivity index (χ1n) is 10.2. The summed E-state index contributed by atoms with van der Waals surface area (Å²) in [6.07, 6.45) is 3.51. The van der Waals surface area contributed by atoms with E-state index in [1.807, 2.05) is 66.7 Å². The number of rotatable bonds is 8. The molecule has 0 aliphatic heterocycles. The highest BCUT2D eigenvalue weighted by Crippen LogP contribution is 2.31. The van der Waals surface area contributed by atoms with Gasteiger partial charge in [0.15, 0.2) is 16.1 Å². The predicted octanol–water partition coefficient (Wildman–Crippen LogP) is 5.83. The van der Waals surface area contributed by atoms with Crippen molar-refractivity contribution >= 4 is 33.9 Å². The summed E-state index contributed by atoms with van der Waals surface area (Å²) < 4.78 is 7.37. The Morgan fingerprint density at radius 1 is 0.970 bits per heavy atom. The van der Waals surface area contributed by atoms with E-state index in [9.17, 15) is 0 Å². The van der Waals surface area contributed by atoms with Gasteiger partial charge in [0.1, 0.15) is 5.75 Å². The molecule has 164 valence electrons. The van der Waals surface area contributed by atoms with E-state index in [-0.39, 0.29) is 0 Å². The Labute approximate surface area is 199 Å². The van der Waals surface area contributed by atoms with Gasteiger partial charge in [-0.05, 0) is 48.5 Å². The highest BCUT2D eigenvalue weighted by molar-refractivity contribution is 7.98. The zero-order valence-electron chi connectivity index (χ0n) is 17.8. The van der Waals surface area contributed by atoms with Gasteiger partial charge in [-0.15, -0.1) is 21.5 Å². The minimum absolute atomic E-state index is 0.678. The average molecular weight is 473 g/mol. The van der Waals surface area contributed by atoms with Crippen molar-refractivity contribution in [2.75, 3.05) is 12.4 Å². The van der Waals surface area contributed by atoms with E-state index in [1.54, 1.807) is 42.6 Å². The summed E-state index contributed by atoms with van der Waals surface area (Å²) in [6, 6.07) is 21.8. The number of nitrogens with zero attached hydrogens (tertiary/aromatic N) is 5. The normalized spacial score (nSPS) is 10.8. The summed E-state index contributed by atoms with van der Waals surface area (Å²) in [6.45, 7) is 0. The molecule has 33 heavy (non-hydrogen) atoms. The van der Waals surface area contributed by atoms with Crippen LogP contribution in [0.1, 0.15) is 5.69 Å². The maximum atomic E-state index is 5.31. The van der Waals surface area contributed by atoms with Gasteiger partial charge in [0, 0.05) is 40.5 Å². The fourth-order valence-electron chi connectivity index (χ4n) is 3.23. The van der Waals surface area contributed by atoms with Crippen molar-refractivity contribution in [1.82, 2.24) is 24.7 Å². The number of thioether (sulfide) groups is 1. The second-order valence-corrected chi connectivity index (χ2v) is 8.80. The fraction of sp³-hybridized carbons (Fsp3) is 0.0833. The summed E-state index contributed by atoms with van der Waals surface area (Å²) in [7, 11) is 1.66. The molecule has 5 aromatic rings. The van der Waals surface area contributed by atoms with Crippen LogP contribution in [0.5, 0.6) is 5.75 Å². The Bertz CT molecular complexity index is 1320. The molecule has 0 fully saturated rings. The van der Waals surface area contributed by atoms with Crippen LogP contribution in [-0.4, -0.2) is 31.8 Å². The molecule has 3 heterocycles. The summed E-state index contributed by atoms with van der Waals surface area (Å²) in [5, 5.41) is 16.0. The molecule has 0 unspecified atom stereocenters. The molecule has 2 aromatic carbocycles. The Balaban J connectivity index is 1.39. The Kier molecular flexibility index (Phi) is 6.32. The quantitative estimate of drug-likeness (QED) is 0.285. The van der Waals surface area contributed by atoms with E-state index in [0.29, 0.717) is 5.75 Å². The van der Waals surface area contributed by atoms with Gasteiger partial charge in [-0.1, -0.05) is 30.0 Å². The molecule has 0 bridgehead atoms. The van der Waals surface area contributed by atoms with Crippen LogP contribution in [0.3, 0.4) is 0 Å². The molecular weight excluding hydrogens is 452 g/mol. The third kappa shape index (κ3) is 4.89. The molecule has 9 heteroatoms. The van der Waals surface area contributed by atoms with Crippen LogP contribution in [-0.2, 0) is 5.75 Å².